The fraction of sp³-hybridized carbons (Fsp3) is 0.381. The van der Waals surface area contributed by atoms with Gasteiger partial charge >= 0.3 is 0 Å². The Kier molecular flexibility index (Phi) is 7.00. The fourth-order valence-corrected chi connectivity index (χ4v) is 4.57. The van der Waals surface area contributed by atoms with Crippen LogP contribution in [-0.2, 0) is 27.9 Å². The van der Waals surface area contributed by atoms with Crippen molar-refractivity contribution >= 4 is 15.9 Å². The van der Waals surface area contributed by atoms with Gasteiger partial charge in [0, 0.05) is 32.0 Å². The molecule has 0 atom stereocenters. The quantitative estimate of drug-likeness (QED) is 0.668. The number of nitrogens with one attached hydrogen (secondary N) is 2. The van der Waals surface area contributed by atoms with Gasteiger partial charge < -0.3 is 10.2 Å². The average molecular weight is 421 g/mol. The van der Waals surface area contributed by atoms with Crippen LogP contribution in [0.15, 0.2) is 53.4 Å². The minimum Gasteiger partial charge on any atom is -0.351 e. The van der Waals surface area contributed by atoms with Gasteiger partial charge in [-0.3, -0.25) is 4.79 Å². The van der Waals surface area contributed by atoms with Crippen LogP contribution in [0.5, 0.6) is 0 Å². The Morgan fingerprint density at radius 1 is 1.03 bits per heavy atom. The molecule has 2 aromatic carbocycles. The molecular weight excluding hydrogens is 393 g/mol. The Balaban J connectivity index is 1.49. The normalized spacial score (nSPS) is 15.0. The summed E-state index contributed by atoms with van der Waals surface area (Å²) >= 11 is 0. The lowest BCUT2D eigenvalue weighted by Crippen LogP contribution is -3.08. The maximum Gasteiger partial charge on any atom is 0.243 e. The molecule has 0 aromatic heterocycles. The predicted octanol–water partition coefficient (Wildman–Crippen LogP) is 0.941. The monoisotopic (exact) mass is 420 g/mol. The molecule has 6 nitrogen and oxygen atoms in total. The van der Waals surface area contributed by atoms with E-state index in [0.717, 1.165) is 28.5 Å². The van der Waals surface area contributed by atoms with E-state index in [1.54, 1.807) is 4.90 Å². The number of carbonyl (C=O) groups excluding carboxylic acids is 1. The third kappa shape index (κ3) is 5.85. The van der Waals surface area contributed by atoms with Crippen LogP contribution < -0.4 is 10.2 Å². The molecule has 0 saturated carbocycles. The Labute approximate surface area is 171 Å². The van der Waals surface area contributed by atoms with Crippen molar-refractivity contribution < 1.29 is 22.5 Å². The molecule has 0 bridgehead atoms. The lowest BCUT2D eigenvalue weighted by atomic mass is 10.1. The summed E-state index contributed by atoms with van der Waals surface area (Å²) in [6.07, 6.45) is 2.59. The number of sulfonamides is 1. The van der Waals surface area contributed by atoms with E-state index >= 15 is 0 Å². The number of likely N-dealkylation sites (N-methyl/N-ethyl adjacent to an activating group) is 1. The van der Waals surface area contributed by atoms with Crippen LogP contribution in [-0.4, -0.2) is 45.3 Å². The van der Waals surface area contributed by atoms with Gasteiger partial charge in [0.05, 0.1) is 24.5 Å². The van der Waals surface area contributed by atoms with Gasteiger partial charge in [-0.25, -0.2) is 12.8 Å². The van der Waals surface area contributed by atoms with Crippen molar-refractivity contribution in [2.75, 3.05) is 26.7 Å². The molecule has 1 amide bonds. The zero-order valence-electron chi connectivity index (χ0n) is 16.5. The molecule has 3 rings (SSSR count). The van der Waals surface area contributed by atoms with E-state index in [0.29, 0.717) is 6.54 Å². The fourth-order valence-electron chi connectivity index (χ4n) is 3.45. The first-order chi connectivity index (χ1) is 13.8. The molecule has 0 aliphatic carbocycles. The highest BCUT2D eigenvalue weighted by Crippen LogP contribution is 2.14. The molecule has 2 N–H and O–H groups in total. The van der Waals surface area contributed by atoms with Crippen molar-refractivity contribution in [1.82, 2.24) is 9.62 Å². The van der Waals surface area contributed by atoms with Gasteiger partial charge in [-0.2, -0.15) is 4.31 Å². The highest BCUT2D eigenvalue weighted by molar-refractivity contribution is 7.89. The van der Waals surface area contributed by atoms with E-state index in [4.69, 9.17) is 0 Å². The number of hydrogen-bond donors (Lipinski definition) is 2. The standard InChI is InChI=1S/C21H26FN3O3S/c1-24(29(27,28)20-10-8-19(22)9-11-20)16-21(26)23-14-17-4-6-18(7-5-17)15-25-12-2-3-13-25/h4-11H,2-3,12-16H2,1H3,(H,23,26)/p+1. The van der Waals surface area contributed by atoms with Crippen molar-refractivity contribution in [3.8, 4) is 0 Å². The van der Waals surface area contributed by atoms with E-state index in [2.05, 4.69) is 17.4 Å². The number of benzene rings is 2. The SMILES string of the molecule is CN(CC(=O)NCc1ccc(C[NH+]2CCCC2)cc1)S(=O)(=O)c1ccc(F)cc1. The van der Waals surface area contributed by atoms with Gasteiger partial charge in [0.1, 0.15) is 12.4 Å². The van der Waals surface area contributed by atoms with Gasteiger partial charge in [0.15, 0.2) is 0 Å². The van der Waals surface area contributed by atoms with Gasteiger partial charge in [0.2, 0.25) is 15.9 Å². The minimum atomic E-state index is -3.85. The number of rotatable bonds is 8. The maximum atomic E-state index is 13.0. The molecule has 1 heterocycles. The highest BCUT2D eigenvalue weighted by atomic mass is 32.2. The predicted molar refractivity (Wildman–Crippen MR) is 108 cm³/mol. The van der Waals surface area contributed by atoms with Crippen molar-refractivity contribution in [2.45, 2.75) is 30.8 Å². The summed E-state index contributed by atoms with van der Waals surface area (Å²) in [7, 11) is -2.52. The zero-order valence-corrected chi connectivity index (χ0v) is 17.3. The van der Waals surface area contributed by atoms with Gasteiger partial charge in [-0.15, -0.1) is 0 Å². The molecule has 29 heavy (non-hydrogen) atoms. The first-order valence-electron chi connectivity index (χ1n) is 9.74. The van der Waals surface area contributed by atoms with Crippen LogP contribution in [0.4, 0.5) is 4.39 Å². The van der Waals surface area contributed by atoms with E-state index < -0.39 is 21.7 Å². The minimum absolute atomic E-state index is 0.0510. The van der Waals surface area contributed by atoms with Gasteiger partial charge in [0.25, 0.3) is 0 Å². The molecule has 0 spiro atoms. The molecule has 8 heteroatoms. The summed E-state index contributed by atoms with van der Waals surface area (Å²) in [5, 5.41) is 2.74. The highest BCUT2D eigenvalue weighted by Gasteiger charge is 2.23. The maximum absolute atomic E-state index is 13.0. The van der Waals surface area contributed by atoms with Crippen molar-refractivity contribution in [3.05, 3.63) is 65.5 Å². The van der Waals surface area contributed by atoms with Crippen molar-refractivity contribution in [3.63, 3.8) is 0 Å². The van der Waals surface area contributed by atoms with Crippen molar-refractivity contribution in [2.24, 2.45) is 0 Å². The number of carbonyl (C=O) groups is 1. The Morgan fingerprint density at radius 3 is 2.24 bits per heavy atom. The Bertz CT molecular complexity index is 925. The molecule has 1 saturated heterocycles. The summed E-state index contributed by atoms with van der Waals surface area (Å²) in [6.45, 7) is 3.51. The topological polar surface area (TPSA) is 70.9 Å². The van der Waals surface area contributed by atoms with Gasteiger partial charge in [-0.1, -0.05) is 24.3 Å². The number of hydrogen-bond acceptors (Lipinski definition) is 3. The number of likely N-dealkylation sites (tertiary alicyclic amines) is 1. The number of quaternary nitrogens is 1. The second-order valence-electron chi connectivity index (χ2n) is 7.44. The summed E-state index contributed by atoms with van der Waals surface area (Å²) in [5.41, 5.74) is 2.24. The summed E-state index contributed by atoms with van der Waals surface area (Å²) in [6, 6.07) is 12.7. The lowest BCUT2D eigenvalue weighted by Gasteiger charge is -2.17. The van der Waals surface area contributed by atoms with Crippen LogP contribution >= 0.6 is 0 Å². The van der Waals surface area contributed by atoms with E-state index in [-0.39, 0.29) is 11.4 Å². The average Bonchev–Trinajstić information content (AvgIpc) is 3.21. The molecule has 1 fully saturated rings. The second-order valence-corrected chi connectivity index (χ2v) is 9.49. The van der Waals surface area contributed by atoms with Crippen LogP contribution in [0.25, 0.3) is 0 Å². The second kappa shape index (κ2) is 9.47. The van der Waals surface area contributed by atoms with Crippen LogP contribution in [0, 0.1) is 5.82 Å². The zero-order chi connectivity index (χ0) is 20.9. The molecular formula is C21H27FN3O3S+. The molecule has 1 aliphatic rings. The van der Waals surface area contributed by atoms with Crippen LogP contribution in [0.2, 0.25) is 0 Å². The third-order valence-corrected chi connectivity index (χ3v) is 6.98. The summed E-state index contributed by atoms with van der Waals surface area (Å²) < 4.78 is 38.9. The summed E-state index contributed by atoms with van der Waals surface area (Å²) in [4.78, 5) is 13.7. The van der Waals surface area contributed by atoms with E-state index in [1.165, 1.54) is 50.7 Å². The smallest absolute Gasteiger partial charge is 0.243 e. The molecule has 0 unspecified atom stereocenters. The third-order valence-electron chi connectivity index (χ3n) is 5.17. The molecule has 156 valence electrons. The first kappa shape index (κ1) is 21.4. The number of nitrogens with zero attached hydrogens (tertiary/aromatic N) is 1. The molecule has 0 radical (unpaired) electrons. The Morgan fingerprint density at radius 2 is 1.62 bits per heavy atom. The number of amides is 1. The Hall–Kier alpha value is -2.29. The van der Waals surface area contributed by atoms with Crippen LogP contribution in [0.1, 0.15) is 24.0 Å². The lowest BCUT2D eigenvalue weighted by molar-refractivity contribution is -0.901. The van der Waals surface area contributed by atoms with E-state index in [9.17, 15) is 17.6 Å². The van der Waals surface area contributed by atoms with Crippen LogP contribution in [0.3, 0.4) is 0 Å². The number of halogens is 1. The van der Waals surface area contributed by atoms with E-state index in [1.807, 2.05) is 12.1 Å². The largest absolute Gasteiger partial charge is 0.351 e. The summed E-state index contributed by atoms with van der Waals surface area (Å²) in [5.74, 6) is -0.916. The molecule has 1 aliphatic heterocycles. The first-order valence-corrected chi connectivity index (χ1v) is 11.2. The molecule has 2 aromatic rings. The van der Waals surface area contributed by atoms with Crippen molar-refractivity contribution in [1.29, 1.82) is 0 Å². The van der Waals surface area contributed by atoms with Gasteiger partial charge in [-0.05, 0) is 29.8 Å².